The molecule has 1 aromatic heterocycles. The van der Waals surface area contributed by atoms with Gasteiger partial charge in [-0.2, -0.15) is 0 Å². The maximum Gasteiger partial charge on any atom is 0.0695 e. The molecule has 1 heterocycles. The molecule has 1 N–H and O–H groups in total. The number of aliphatic hydroxyl groups excluding tert-OH is 1. The van der Waals surface area contributed by atoms with Gasteiger partial charge in [0.2, 0.25) is 0 Å². The zero-order valence-corrected chi connectivity index (χ0v) is 13.0. The molecule has 0 aromatic carbocycles. The molecule has 112 valence electrons. The van der Waals surface area contributed by atoms with Gasteiger partial charge in [-0.15, -0.1) is 0 Å². The molecule has 2 rings (SSSR count). The van der Waals surface area contributed by atoms with Crippen LogP contribution in [0.3, 0.4) is 0 Å². The number of rotatable bonds is 5. The van der Waals surface area contributed by atoms with Gasteiger partial charge in [0, 0.05) is 30.9 Å². The Bertz CT molecular complexity index is 393. The van der Waals surface area contributed by atoms with Crippen LogP contribution in [0, 0.1) is 11.8 Å². The smallest absolute Gasteiger partial charge is 0.0695 e. The minimum Gasteiger partial charge on any atom is -0.391 e. The van der Waals surface area contributed by atoms with Gasteiger partial charge in [-0.3, -0.25) is 4.98 Å². The number of nitrogens with zero attached hydrogens (tertiary/aromatic N) is 2. The van der Waals surface area contributed by atoms with E-state index in [1.807, 2.05) is 18.3 Å². The minimum absolute atomic E-state index is 0.168. The third kappa shape index (κ3) is 4.03. The Morgan fingerprint density at radius 2 is 2.15 bits per heavy atom. The average Bonchev–Trinajstić information content (AvgIpc) is 2.46. The van der Waals surface area contributed by atoms with Crippen LogP contribution in [0.25, 0.3) is 0 Å². The van der Waals surface area contributed by atoms with Gasteiger partial charge >= 0.3 is 0 Å². The van der Waals surface area contributed by atoms with Crippen LogP contribution in [-0.4, -0.2) is 40.7 Å². The second-order valence-electron chi connectivity index (χ2n) is 6.50. The number of hydrogen-bond donors (Lipinski definition) is 1. The summed E-state index contributed by atoms with van der Waals surface area (Å²) < 4.78 is 0. The topological polar surface area (TPSA) is 36.4 Å². The van der Waals surface area contributed by atoms with Crippen LogP contribution in [0.1, 0.15) is 38.8 Å². The molecule has 1 saturated carbocycles. The normalized spacial score (nSPS) is 27.2. The predicted molar refractivity (Wildman–Crippen MR) is 82.5 cm³/mol. The van der Waals surface area contributed by atoms with E-state index in [2.05, 4.69) is 36.8 Å². The molecule has 1 aromatic rings. The lowest BCUT2D eigenvalue weighted by molar-refractivity contribution is 0.00656. The summed E-state index contributed by atoms with van der Waals surface area (Å²) in [5.41, 5.74) is 1.13. The van der Waals surface area contributed by atoms with Crippen LogP contribution in [0.5, 0.6) is 0 Å². The minimum atomic E-state index is -0.168. The van der Waals surface area contributed by atoms with E-state index in [0.29, 0.717) is 12.0 Å². The lowest BCUT2D eigenvalue weighted by Gasteiger charge is -2.40. The Balaban J connectivity index is 1.88. The summed E-state index contributed by atoms with van der Waals surface area (Å²) in [5, 5.41) is 10.3. The maximum atomic E-state index is 10.3. The van der Waals surface area contributed by atoms with Gasteiger partial charge < -0.3 is 10.0 Å². The van der Waals surface area contributed by atoms with E-state index < -0.39 is 0 Å². The molecule has 20 heavy (non-hydrogen) atoms. The van der Waals surface area contributed by atoms with E-state index >= 15 is 0 Å². The average molecular weight is 276 g/mol. The fourth-order valence-corrected chi connectivity index (χ4v) is 3.24. The van der Waals surface area contributed by atoms with Crippen LogP contribution in [0.4, 0.5) is 0 Å². The first-order valence-electron chi connectivity index (χ1n) is 7.86. The molecule has 1 aliphatic rings. The Morgan fingerprint density at radius 3 is 2.80 bits per heavy atom. The van der Waals surface area contributed by atoms with Crippen molar-refractivity contribution in [3.05, 3.63) is 30.1 Å². The molecule has 0 amide bonds. The first kappa shape index (κ1) is 15.5. The lowest BCUT2D eigenvalue weighted by atomic mass is 9.77. The highest BCUT2D eigenvalue weighted by Crippen LogP contribution is 2.32. The van der Waals surface area contributed by atoms with Crippen LogP contribution in [0.2, 0.25) is 0 Å². The van der Waals surface area contributed by atoms with Crippen molar-refractivity contribution >= 4 is 0 Å². The fraction of sp³-hybridized carbons (Fsp3) is 0.706. The predicted octanol–water partition coefficient (Wildman–Crippen LogP) is 2.74. The summed E-state index contributed by atoms with van der Waals surface area (Å²) in [6, 6.07) is 6.36. The van der Waals surface area contributed by atoms with Crippen molar-refractivity contribution in [1.29, 1.82) is 0 Å². The van der Waals surface area contributed by atoms with Gasteiger partial charge in [0.1, 0.15) is 0 Å². The molecule has 3 heteroatoms. The summed E-state index contributed by atoms with van der Waals surface area (Å²) in [4.78, 5) is 6.70. The molecule has 0 saturated heterocycles. The quantitative estimate of drug-likeness (QED) is 0.898. The van der Waals surface area contributed by atoms with Crippen LogP contribution in [0.15, 0.2) is 24.4 Å². The Labute approximate surface area is 123 Å². The monoisotopic (exact) mass is 276 g/mol. The van der Waals surface area contributed by atoms with Crippen molar-refractivity contribution in [2.24, 2.45) is 11.8 Å². The van der Waals surface area contributed by atoms with Gasteiger partial charge in [-0.1, -0.05) is 19.9 Å². The van der Waals surface area contributed by atoms with E-state index in [9.17, 15) is 5.11 Å². The number of likely N-dealkylation sites (N-methyl/N-ethyl adjacent to an activating group) is 1. The molecule has 0 aliphatic heterocycles. The number of pyridine rings is 1. The van der Waals surface area contributed by atoms with Crippen molar-refractivity contribution in [2.45, 2.75) is 51.7 Å². The van der Waals surface area contributed by atoms with E-state index in [1.54, 1.807) is 0 Å². The molecular weight excluding hydrogens is 248 g/mol. The summed E-state index contributed by atoms with van der Waals surface area (Å²) >= 11 is 0. The maximum absolute atomic E-state index is 10.3. The highest BCUT2D eigenvalue weighted by Gasteiger charge is 2.32. The Hall–Kier alpha value is -0.930. The van der Waals surface area contributed by atoms with Crippen molar-refractivity contribution in [3.8, 4) is 0 Å². The van der Waals surface area contributed by atoms with Gasteiger partial charge in [0.15, 0.2) is 0 Å². The summed E-state index contributed by atoms with van der Waals surface area (Å²) in [6.07, 6.45) is 5.87. The molecule has 1 aliphatic carbocycles. The van der Waals surface area contributed by atoms with Crippen molar-refractivity contribution in [3.63, 3.8) is 0 Å². The molecule has 3 nitrogen and oxygen atoms in total. The molecule has 3 atom stereocenters. The number of aliphatic hydroxyl groups is 1. The van der Waals surface area contributed by atoms with E-state index in [4.69, 9.17) is 0 Å². The highest BCUT2D eigenvalue weighted by atomic mass is 16.3. The van der Waals surface area contributed by atoms with Crippen molar-refractivity contribution in [2.75, 3.05) is 13.6 Å². The molecule has 3 unspecified atom stereocenters. The largest absolute Gasteiger partial charge is 0.391 e. The third-order valence-electron chi connectivity index (χ3n) is 4.78. The van der Waals surface area contributed by atoms with E-state index in [-0.39, 0.29) is 6.10 Å². The highest BCUT2D eigenvalue weighted by molar-refractivity contribution is 5.04. The Kier molecular flexibility index (Phi) is 5.55. The molecular formula is C17H28N2O. The number of aromatic nitrogens is 1. The van der Waals surface area contributed by atoms with Gasteiger partial charge in [0.05, 0.1) is 6.10 Å². The third-order valence-corrected chi connectivity index (χ3v) is 4.78. The first-order chi connectivity index (χ1) is 9.58. The van der Waals surface area contributed by atoms with Crippen molar-refractivity contribution in [1.82, 2.24) is 9.88 Å². The molecule has 0 radical (unpaired) electrons. The zero-order chi connectivity index (χ0) is 14.5. The van der Waals surface area contributed by atoms with Crippen LogP contribution in [-0.2, 0) is 6.42 Å². The lowest BCUT2D eigenvalue weighted by Crippen LogP contribution is -2.47. The molecule has 1 fully saturated rings. The number of hydrogen-bond acceptors (Lipinski definition) is 3. The standard InChI is InChI=1S/C17H28N2O/c1-13(2)14-7-8-17(20)16(12-14)19(3)11-9-15-6-4-5-10-18-15/h4-6,10,13-14,16-17,20H,7-9,11-12H2,1-3H3. The fourth-order valence-electron chi connectivity index (χ4n) is 3.24. The van der Waals surface area contributed by atoms with E-state index in [0.717, 1.165) is 37.4 Å². The van der Waals surface area contributed by atoms with Crippen molar-refractivity contribution < 1.29 is 5.11 Å². The first-order valence-corrected chi connectivity index (χ1v) is 7.86. The van der Waals surface area contributed by atoms with Gasteiger partial charge in [-0.25, -0.2) is 0 Å². The van der Waals surface area contributed by atoms with Gasteiger partial charge in [-0.05, 0) is 50.3 Å². The summed E-state index contributed by atoms with van der Waals surface area (Å²) in [5.74, 6) is 1.47. The van der Waals surface area contributed by atoms with Crippen LogP contribution >= 0.6 is 0 Å². The zero-order valence-electron chi connectivity index (χ0n) is 13.0. The van der Waals surface area contributed by atoms with Crippen LogP contribution < -0.4 is 0 Å². The van der Waals surface area contributed by atoms with E-state index in [1.165, 1.54) is 6.42 Å². The Morgan fingerprint density at radius 1 is 1.35 bits per heavy atom. The SMILES string of the molecule is CC(C)C1CCC(O)C(N(C)CCc2ccccn2)C1. The van der Waals surface area contributed by atoms with Gasteiger partial charge in [0.25, 0.3) is 0 Å². The molecule has 0 spiro atoms. The second-order valence-corrected chi connectivity index (χ2v) is 6.50. The summed E-state index contributed by atoms with van der Waals surface area (Å²) in [7, 11) is 2.14. The second kappa shape index (κ2) is 7.19. The summed E-state index contributed by atoms with van der Waals surface area (Å²) in [6.45, 7) is 5.56. The molecule has 0 bridgehead atoms.